The molecule has 3 aromatic rings. The summed E-state index contributed by atoms with van der Waals surface area (Å²) in [5.74, 6) is -0.671. The Kier molecular flexibility index (Phi) is 7.53. The first-order valence-corrected chi connectivity index (χ1v) is 10.6. The number of hydrazine groups is 1. The number of aryl methyl sites for hydroxylation is 1. The summed E-state index contributed by atoms with van der Waals surface area (Å²) >= 11 is 0. The zero-order valence-corrected chi connectivity index (χ0v) is 18.4. The van der Waals surface area contributed by atoms with Gasteiger partial charge in [-0.05, 0) is 61.2 Å². The van der Waals surface area contributed by atoms with Gasteiger partial charge >= 0.3 is 6.18 Å². The van der Waals surface area contributed by atoms with Gasteiger partial charge in [0.2, 0.25) is 5.91 Å². The number of carbonyl (C=O) groups is 2. The van der Waals surface area contributed by atoms with Gasteiger partial charge in [0.25, 0.3) is 5.91 Å². The largest absolute Gasteiger partial charge is 0.416 e. The number of halogens is 3. The van der Waals surface area contributed by atoms with Crippen molar-refractivity contribution in [2.45, 2.75) is 38.9 Å². The monoisotopic (exact) mass is 454 g/mol. The average molecular weight is 454 g/mol. The first-order valence-electron chi connectivity index (χ1n) is 10.6. The van der Waals surface area contributed by atoms with Crippen molar-refractivity contribution in [3.05, 3.63) is 95.6 Å². The van der Waals surface area contributed by atoms with Gasteiger partial charge in [-0.15, -0.1) is 0 Å². The van der Waals surface area contributed by atoms with Crippen molar-refractivity contribution in [2.75, 3.05) is 0 Å². The van der Waals surface area contributed by atoms with E-state index in [0.29, 0.717) is 23.1 Å². The summed E-state index contributed by atoms with van der Waals surface area (Å²) in [4.78, 5) is 25.4. The Morgan fingerprint density at radius 2 is 1.58 bits per heavy atom. The van der Waals surface area contributed by atoms with Crippen LogP contribution in [-0.2, 0) is 17.4 Å². The van der Waals surface area contributed by atoms with Crippen molar-refractivity contribution in [3.8, 4) is 11.1 Å². The number of carbonyl (C=O) groups excluding carboxylic acids is 2. The van der Waals surface area contributed by atoms with Crippen molar-refractivity contribution in [1.29, 1.82) is 0 Å². The average Bonchev–Trinajstić information content (AvgIpc) is 2.81. The SMILES string of the molecule is CC(C)N(NC(=O)c1ccccc1)C(=O)CCc1ccccc1-c1cccc(C(F)(F)F)c1. The minimum Gasteiger partial charge on any atom is -0.273 e. The Morgan fingerprint density at radius 3 is 2.24 bits per heavy atom. The van der Waals surface area contributed by atoms with Gasteiger partial charge in [0.05, 0.1) is 5.56 Å². The summed E-state index contributed by atoms with van der Waals surface area (Å²) in [5, 5.41) is 1.29. The summed E-state index contributed by atoms with van der Waals surface area (Å²) in [6.45, 7) is 3.58. The third kappa shape index (κ3) is 6.22. The Hall–Kier alpha value is -3.61. The van der Waals surface area contributed by atoms with E-state index in [1.807, 2.05) is 0 Å². The first-order chi connectivity index (χ1) is 15.7. The van der Waals surface area contributed by atoms with E-state index in [0.717, 1.165) is 17.7 Å². The second-order valence-corrected chi connectivity index (χ2v) is 7.90. The minimum absolute atomic E-state index is 0.0865. The Bertz CT molecular complexity index is 1110. The molecule has 0 saturated carbocycles. The van der Waals surface area contributed by atoms with Crippen LogP contribution >= 0.6 is 0 Å². The molecule has 0 saturated heterocycles. The first kappa shape index (κ1) is 24.0. The molecule has 172 valence electrons. The van der Waals surface area contributed by atoms with Crippen LogP contribution in [0.25, 0.3) is 11.1 Å². The normalized spacial score (nSPS) is 11.3. The minimum atomic E-state index is -4.43. The van der Waals surface area contributed by atoms with Crippen LogP contribution in [0, 0.1) is 0 Å². The molecule has 3 aromatic carbocycles. The van der Waals surface area contributed by atoms with E-state index >= 15 is 0 Å². The van der Waals surface area contributed by atoms with E-state index in [2.05, 4.69) is 5.43 Å². The molecule has 2 amide bonds. The maximum atomic E-state index is 13.1. The van der Waals surface area contributed by atoms with Crippen molar-refractivity contribution < 1.29 is 22.8 Å². The number of benzene rings is 3. The fraction of sp³-hybridized carbons (Fsp3) is 0.231. The summed E-state index contributed by atoms with van der Waals surface area (Å²) in [6, 6.07) is 20.5. The molecule has 33 heavy (non-hydrogen) atoms. The van der Waals surface area contributed by atoms with Crippen molar-refractivity contribution in [2.24, 2.45) is 0 Å². The molecule has 0 aliphatic rings. The van der Waals surface area contributed by atoms with Gasteiger partial charge in [0.15, 0.2) is 0 Å². The molecular weight excluding hydrogens is 429 g/mol. The quantitative estimate of drug-likeness (QED) is 0.473. The smallest absolute Gasteiger partial charge is 0.273 e. The van der Waals surface area contributed by atoms with Gasteiger partial charge in [0, 0.05) is 18.0 Å². The molecule has 7 heteroatoms. The highest BCUT2D eigenvalue weighted by atomic mass is 19.4. The number of amides is 2. The molecule has 0 fully saturated rings. The van der Waals surface area contributed by atoms with E-state index in [1.165, 1.54) is 11.1 Å². The van der Waals surface area contributed by atoms with Crippen LogP contribution in [0.5, 0.6) is 0 Å². The molecule has 0 heterocycles. The van der Waals surface area contributed by atoms with Gasteiger partial charge in [-0.3, -0.25) is 20.0 Å². The lowest BCUT2D eigenvalue weighted by molar-refractivity contribution is -0.137. The van der Waals surface area contributed by atoms with Crippen LogP contribution < -0.4 is 5.43 Å². The van der Waals surface area contributed by atoms with Gasteiger partial charge in [-0.25, -0.2) is 0 Å². The van der Waals surface area contributed by atoms with Crippen LogP contribution in [0.3, 0.4) is 0 Å². The molecule has 0 aliphatic heterocycles. The number of rotatable bonds is 6. The molecule has 3 rings (SSSR count). The van der Waals surface area contributed by atoms with Gasteiger partial charge in [-0.2, -0.15) is 13.2 Å². The highest BCUT2D eigenvalue weighted by molar-refractivity contribution is 5.95. The van der Waals surface area contributed by atoms with Crippen LogP contribution in [0.2, 0.25) is 0 Å². The van der Waals surface area contributed by atoms with Crippen molar-refractivity contribution in [3.63, 3.8) is 0 Å². The maximum absolute atomic E-state index is 13.1. The van der Waals surface area contributed by atoms with E-state index in [1.54, 1.807) is 74.5 Å². The summed E-state index contributed by atoms with van der Waals surface area (Å²) < 4.78 is 39.4. The molecule has 0 aliphatic carbocycles. The van der Waals surface area contributed by atoms with Crippen LogP contribution in [0.15, 0.2) is 78.9 Å². The predicted octanol–water partition coefficient (Wildman–Crippen LogP) is 5.89. The zero-order chi connectivity index (χ0) is 24.0. The Labute approximate surface area is 191 Å². The molecule has 1 N–H and O–H groups in total. The fourth-order valence-electron chi connectivity index (χ4n) is 3.49. The molecule has 0 atom stereocenters. The van der Waals surface area contributed by atoms with Gasteiger partial charge in [0.1, 0.15) is 0 Å². The van der Waals surface area contributed by atoms with Gasteiger partial charge in [-0.1, -0.05) is 54.6 Å². The molecule has 0 radical (unpaired) electrons. The molecule has 0 spiro atoms. The number of alkyl halides is 3. The molecule has 0 unspecified atom stereocenters. The maximum Gasteiger partial charge on any atom is 0.416 e. The highest BCUT2D eigenvalue weighted by Crippen LogP contribution is 2.33. The van der Waals surface area contributed by atoms with E-state index in [-0.39, 0.29) is 24.3 Å². The second kappa shape index (κ2) is 10.3. The fourth-order valence-corrected chi connectivity index (χ4v) is 3.49. The number of nitrogens with zero attached hydrogens (tertiary/aromatic N) is 1. The third-order valence-corrected chi connectivity index (χ3v) is 5.17. The summed E-state index contributed by atoms with van der Waals surface area (Å²) in [6.07, 6.45) is -4.03. The molecule has 0 aromatic heterocycles. The predicted molar refractivity (Wildman–Crippen MR) is 121 cm³/mol. The molecular formula is C26H25F3N2O2. The number of hydrogen-bond donors (Lipinski definition) is 1. The number of hydrogen-bond acceptors (Lipinski definition) is 2. The Balaban J connectivity index is 1.75. The zero-order valence-electron chi connectivity index (χ0n) is 18.4. The molecule has 4 nitrogen and oxygen atoms in total. The van der Waals surface area contributed by atoms with Gasteiger partial charge < -0.3 is 0 Å². The summed E-state index contributed by atoms with van der Waals surface area (Å²) in [7, 11) is 0. The molecule has 0 bridgehead atoms. The van der Waals surface area contributed by atoms with E-state index in [4.69, 9.17) is 0 Å². The lowest BCUT2D eigenvalue weighted by Crippen LogP contribution is -2.50. The van der Waals surface area contributed by atoms with Crippen LogP contribution in [0.1, 0.15) is 41.8 Å². The standard InChI is InChI=1S/C26H25F3N2O2/c1-18(2)31(30-25(33)20-10-4-3-5-11-20)24(32)16-15-19-9-6-7-14-23(19)21-12-8-13-22(17-21)26(27,28)29/h3-14,17-18H,15-16H2,1-2H3,(H,30,33). The van der Waals surface area contributed by atoms with E-state index in [9.17, 15) is 22.8 Å². The van der Waals surface area contributed by atoms with Crippen molar-refractivity contribution >= 4 is 11.8 Å². The lowest BCUT2D eigenvalue weighted by atomic mass is 9.95. The Morgan fingerprint density at radius 1 is 0.909 bits per heavy atom. The third-order valence-electron chi connectivity index (χ3n) is 5.17. The van der Waals surface area contributed by atoms with E-state index < -0.39 is 11.7 Å². The highest BCUT2D eigenvalue weighted by Gasteiger charge is 2.30. The van der Waals surface area contributed by atoms with Crippen LogP contribution in [0.4, 0.5) is 13.2 Å². The second-order valence-electron chi connectivity index (χ2n) is 7.90. The number of nitrogens with one attached hydrogen (secondary N) is 1. The summed E-state index contributed by atoms with van der Waals surface area (Å²) in [5.41, 5.74) is 4.20. The van der Waals surface area contributed by atoms with Crippen molar-refractivity contribution in [1.82, 2.24) is 10.4 Å². The lowest BCUT2D eigenvalue weighted by Gasteiger charge is -2.27. The topological polar surface area (TPSA) is 49.4 Å². The van der Waals surface area contributed by atoms with Crippen LogP contribution in [-0.4, -0.2) is 22.9 Å².